The fourth-order valence-corrected chi connectivity index (χ4v) is 3.55. The highest BCUT2D eigenvalue weighted by atomic mass is 16.5. The Labute approximate surface area is 145 Å². The number of amides is 1. The van der Waals surface area contributed by atoms with Crippen molar-refractivity contribution in [1.29, 1.82) is 0 Å². The third-order valence-electron chi connectivity index (χ3n) is 5.08. The Hall–Kier alpha value is -2.29. The molecule has 2 aromatic rings. The number of anilines is 1. The van der Waals surface area contributed by atoms with Crippen molar-refractivity contribution in [2.45, 2.75) is 25.7 Å². The van der Waals surface area contributed by atoms with E-state index in [1.54, 1.807) is 0 Å². The predicted octanol–water partition coefficient (Wildman–Crippen LogP) is 0.278. The number of carbonyl (C=O) groups excluding carboxylic acids is 1. The second-order valence-corrected chi connectivity index (χ2v) is 6.80. The van der Waals surface area contributed by atoms with Crippen molar-refractivity contribution in [3.05, 3.63) is 12.1 Å². The monoisotopic (exact) mass is 345 g/mol. The summed E-state index contributed by atoms with van der Waals surface area (Å²) in [6, 6.07) is 3.76. The molecular formula is C16H23N7O2. The standard InChI is InChI=1S/C16H23N7O2/c24-16(17-10-12-5-8-25-9-6-12)13-2-1-7-22(11-13)15-4-3-14-18-20-21-23(14)19-15/h3-4,12-13H,1-2,5-11H2,(H,17,24)/t13-/m1/s1. The number of fused-ring (bicyclic) bond motifs is 1. The second kappa shape index (κ2) is 7.30. The first-order chi connectivity index (χ1) is 12.3. The van der Waals surface area contributed by atoms with Crippen molar-refractivity contribution in [3.63, 3.8) is 0 Å². The van der Waals surface area contributed by atoms with Crippen molar-refractivity contribution >= 4 is 17.4 Å². The molecule has 1 amide bonds. The molecule has 25 heavy (non-hydrogen) atoms. The van der Waals surface area contributed by atoms with Crippen LogP contribution >= 0.6 is 0 Å². The van der Waals surface area contributed by atoms with Gasteiger partial charge in [0.05, 0.1) is 5.92 Å². The molecule has 0 spiro atoms. The van der Waals surface area contributed by atoms with Gasteiger partial charge in [-0.15, -0.1) is 14.8 Å². The first-order valence-electron chi connectivity index (χ1n) is 8.95. The topological polar surface area (TPSA) is 97.5 Å². The summed E-state index contributed by atoms with van der Waals surface area (Å²) in [5.41, 5.74) is 0.617. The number of nitrogens with one attached hydrogen (secondary N) is 1. The summed E-state index contributed by atoms with van der Waals surface area (Å²) in [7, 11) is 0. The molecule has 2 aliphatic rings. The number of piperidine rings is 1. The van der Waals surface area contributed by atoms with E-state index in [0.29, 0.717) is 18.1 Å². The Morgan fingerprint density at radius 2 is 2.16 bits per heavy atom. The molecule has 0 aromatic carbocycles. The summed E-state index contributed by atoms with van der Waals surface area (Å²) >= 11 is 0. The number of hydrogen-bond acceptors (Lipinski definition) is 7. The van der Waals surface area contributed by atoms with Gasteiger partial charge in [-0.05, 0) is 54.2 Å². The fraction of sp³-hybridized carbons (Fsp3) is 0.688. The van der Waals surface area contributed by atoms with Gasteiger partial charge in [-0.1, -0.05) is 0 Å². The number of ether oxygens (including phenoxy) is 1. The molecule has 2 saturated heterocycles. The summed E-state index contributed by atoms with van der Waals surface area (Å²) in [6.07, 6.45) is 3.97. The van der Waals surface area contributed by atoms with Crippen LogP contribution in [0.1, 0.15) is 25.7 Å². The van der Waals surface area contributed by atoms with E-state index in [9.17, 15) is 4.79 Å². The Morgan fingerprint density at radius 1 is 1.28 bits per heavy atom. The lowest BCUT2D eigenvalue weighted by Gasteiger charge is -2.33. The van der Waals surface area contributed by atoms with E-state index in [-0.39, 0.29) is 11.8 Å². The number of nitrogens with zero attached hydrogens (tertiary/aromatic N) is 6. The minimum atomic E-state index is -0.0000380. The van der Waals surface area contributed by atoms with E-state index in [4.69, 9.17) is 4.74 Å². The molecule has 2 fully saturated rings. The third-order valence-corrected chi connectivity index (χ3v) is 5.08. The maximum absolute atomic E-state index is 12.6. The van der Waals surface area contributed by atoms with Crippen molar-refractivity contribution < 1.29 is 9.53 Å². The maximum atomic E-state index is 12.6. The molecule has 0 bridgehead atoms. The van der Waals surface area contributed by atoms with Crippen LogP contribution < -0.4 is 10.2 Å². The van der Waals surface area contributed by atoms with Gasteiger partial charge < -0.3 is 15.0 Å². The van der Waals surface area contributed by atoms with Gasteiger partial charge in [-0.25, -0.2) is 0 Å². The molecule has 9 heteroatoms. The van der Waals surface area contributed by atoms with Gasteiger partial charge in [-0.2, -0.15) is 0 Å². The Morgan fingerprint density at radius 3 is 3.04 bits per heavy atom. The summed E-state index contributed by atoms with van der Waals surface area (Å²) in [6.45, 7) is 3.95. The maximum Gasteiger partial charge on any atom is 0.224 e. The molecule has 0 aliphatic carbocycles. The Kier molecular flexibility index (Phi) is 4.73. The summed E-state index contributed by atoms with van der Waals surface area (Å²) < 4.78 is 6.79. The highest BCUT2D eigenvalue weighted by Crippen LogP contribution is 2.22. The molecule has 0 radical (unpaired) electrons. The van der Waals surface area contributed by atoms with Gasteiger partial charge in [0.1, 0.15) is 0 Å². The van der Waals surface area contributed by atoms with Gasteiger partial charge in [0, 0.05) is 32.8 Å². The molecule has 1 N–H and O–H groups in total. The van der Waals surface area contributed by atoms with Crippen LogP contribution in [0.25, 0.3) is 5.65 Å². The van der Waals surface area contributed by atoms with E-state index in [1.807, 2.05) is 12.1 Å². The minimum absolute atomic E-state index is 0.0000380. The van der Waals surface area contributed by atoms with Crippen molar-refractivity contribution in [3.8, 4) is 0 Å². The third kappa shape index (κ3) is 3.71. The molecular weight excluding hydrogens is 322 g/mol. The first kappa shape index (κ1) is 16.2. The second-order valence-electron chi connectivity index (χ2n) is 6.80. The Balaban J connectivity index is 1.35. The normalized spacial score (nSPS) is 22.2. The number of hydrogen-bond donors (Lipinski definition) is 1. The van der Waals surface area contributed by atoms with Crippen LogP contribution in [0.2, 0.25) is 0 Å². The van der Waals surface area contributed by atoms with Crippen LogP contribution in [-0.4, -0.2) is 64.0 Å². The SMILES string of the molecule is O=C(NCC1CCOCC1)[C@@H]1CCCN(c2ccc3nnnn3n2)C1. The largest absolute Gasteiger partial charge is 0.381 e. The summed E-state index contributed by atoms with van der Waals surface area (Å²) in [4.78, 5) is 14.7. The van der Waals surface area contributed by atoms with Gasteiger partial charge in [0.2, 0.25) is 5.91 Å². The van der Waals surface area contributed by atoms with Gasteiger partial charge in [0.15, 0.2) is 11.5 Å². The number of rotatable bonds is 4. The van der Waals surface area contributed by atoms with E-state index in [1.165, 1.54) is 4.63 Å². The average Bonchev–Trinajstić information content (AvgIpc) is 3.15. The smallest absolute Gasteiger partial charge is 0.224 e. The van der Waals surface area contributed by atoms with Crippen LogP contribution in [0.3, 0.4) is 0 Å². The van der Waals surface area contributed by atoms with Crippen LogP contribution in [0.4, 0.5) is 5.82 Å². The molecule has 9 nitrogen and oxygen atoms in total. The molecule has 2 aromatic heterocycles. The number of tetrazole rings is 1. The van der Waals surface area contributed by atoms with Crippen LogP contribution in [0.15, 0.2) is 12.1 Å². The molecule has 0 saturated carbocycles. The van der Waals surface area contributed by atoms with E-state index < -0.39 is 0 Å². The van der Waals surface area contributed by atoms with Crippen molar-refractivity contribution in [2.24, 2.45) is 11.8 Å². The molecule has 1 atom stereocenters. The summed E-state index contributed by atoms with van der Waals surface area (Å²) in [5.74, 6) is 1.50. The number of aromatic nitrogens is 5. The Bertz CT molecular complexity index is 728. The van der Waals surface area contributed by atoms with Gasteiger partial charge >= 0.3 is 0 Å². The van der Waals surface area contributed by atoms with Gasteiger partial charge in [0.25, 0.3) is 0 Å². The van der Waals surface area contributed by atoms with Crippen molar-refractivity contribution in [2.75, 3.05) is 37.7 Å². The zero-order valence-electron chi connectivity index (χ0n) is 14.2. The molecule has 0 unspecified atom stereocenters. The molecule has 2 aliphatic heterocycles. The van der Waals surface area contributed by atoms with Crippen LogP contribution in [0.5, 0.6) is 0 Å². The van der Waals surface area contributed by atoms with Gasteiger partial charge in [-0.3, -0.25) is 4.79 Å². The zero-order chi connectivity index (χ0) is 17.1. The highest BCUT2D eigenvalue weighted by Gasteiger charge is 2.27. The van der Waals surface area contributed by atoms with E-state index in [0.717, 1.165) is 57.8 Å². The molecule has 4 heterocycles. The highest BCUT2D eigenvalue weighted by molar-refractivity contribution is 5.79. The summed E-state index contributed by atoms with van der Waals surface area (Å²) in [5, 5.41) is 18.9. The van der Waals surface area contributed by atoms with E-state index >= 15 is 0 Å². The van der Waals surface area contributed by atoms with Crippen LogP contribution in [0, 0.1) is 11.8 Å². The quantitative estimate of drug-likeness (QED) is 0.850. The average molecular weight is 345 g/mol. The van der Waals surface area contributed by atoms with Crippen molar-refractivity contribution in [1.82, 2.24) is 30.6 Å². The molecule has 4 rings (SSSR count). The zero-order valence-corrected chi connectivity index (χ0v) is 14.2. The lowest BCUT2D eigenvalue weighted by atomic mass is 9.96. The lowest BCUT2D eigenvalue weighted by Crippen LogP contribution is -2.44. The number of carbonyl (C=O) groups is 1. The first-order valence-corrected chi connectivity index (χ1v) is 8.95. The minimum Gasteiger partial charge on any atom is -0.381 e. The van der Waals surface area contributed by atoms with E-state index in [2.05, 4.69) is 30.8 Å². The predicted molar refractivity (Wildman–Crippen MR) is 90.1 cm³/mol. The lowest BCUT2D eigenvalue weighted by molar-refractivity contribution is -0.125. The van der Waals surface area contributed by atoms with Crippen LogP contribution in [-0.2, 0) is 9.53 Å². The fourth-order valence-electron chi connectivity index (χ4n) is 3.55. The molecule has 134 valence electrons.